The Balaban J connectivity index is 1.88. The van der Waals surface area contributed by atoms with Gasteiger partial charge in [-0.3, -0.25) is 9.78 Å². The van der Waals surface area contributed by atoms with Gasteiger partial charge < -0.3 is 14.2 Å². The second-order valence-electron chi connectivity index (χ2n) is 5.40. The molecule has 0 N–H and O–H groups in total. The third-order valence-corrected chi connectivity index (χ3v) is 4.41. The van der Waals surface area contributed by atoms with Gasteiger partial charge in [0, 0.05) is 19.0 Å². The van der Waals surface area contributed by atoms with Gasteiger partial charge in [-0.25, -0.2) is 0 Å². The first-order valence-electron chi connectivity index (χ1n) is 6.99. The zero-order valence-corrected chi connectivity index (χ0v) is 11.6. The molecule has 5 heteroatoms. The van der Waals surface area contributed by atoms with E-state index in [1.807, 2.05) is 18.2 Å². The van der Waals surface area contributed by atoms with E-state index in [1.165, 1.54) is 7.11 Å². The monoisotopic (exact) mass is 277 g/mol. The molecule has 0 radical (unpaired) electrons. The Kier molecular flexibility index (Phi) is 3.48. The summed E-state index contributed by atoms with van der Waals surface area (Å²) in [6.07, 6.45) is 4.37. The number of carbonyl (C=O) groups excluding carboxylic acids is 1. The minimum Gasteiger partial charge on any atom is -0.468 e. The fourth-order valence-electron chi connectivity index (χ4n) is 3.25. The van der Waals surface area contributed by atoms with Gasteiger partial charge in [0.05, 0.1) is 26.0 Å². The summed E-state index contributed by atoms with van der Waals surface area (Å²) >= 11 is 0. The van der Waals surface area contributed by atoms with Crippen molar-refractivity contribution in [1.82, 2.24) is 4.98 Å². The Hall–Kier alpha value is -1.46. The van der Waals surface area contributed by atoms with Crippen molar-refractivity contribution in [3.63, 3.8) is 0 Å². The Morgan fingerprint density at radius 3 is 2.45 bits per heavy atom. The highest BCUT2D eigenvalue weighted by molar-refractivity contribution is 5.82. The number of ether oxygens (including phenoxy) is 3. The van der Waals surface area contributed by atoms with E-state index in [0.717, 1.165) is 5.69 Å². The number of aromatic nitrogens is 1. The lowest BCUT2D eigenvalue weighted by atomic mass is 9.69. The van der Waals surface area contributed by atoms with E-state index in [9.17, 15) is 4.79 Å². The summed E-state index contributed by atoms with van der Waals surface area (Å²) in [5.41, 5.74) is 0.107. The van der Waals surface area contributed by atoms with Gasteiger partial charge in [0.15, 0.2) is 5.79 Å². The second kappa shape index (κ2) is 5.14. The first-order chi connectivity index (χ1) is 9.71. The number of nitrogens with zero attached hydrogens (tertiary/aromatic N) is 1. The molecule has 1 spiro atoms. The molecule has 3 rings (SSSR count). The Bertz CT molecular complexity index is 472. The van der Waals surface area contributed by atoms with Crippen LogP contribution in [0.2, 0.25) is 0 Å². The largest absolute Gasteiger partial charge is 0.468 e. The van der Waals surface area contributed by atoms with Crippen LogP contribution in [-0.2, 0) is 24.4 Å². The summed E-state index contributed by atoms with van der Waals surface area (Å²) in [6, 6.07) is 5.65. The number of carbonyl (C=O) groups is 1. The number of hydrogen-bond acceptors (Lipinski definition) is 5. The van der Waals surface area contributed by atoms with Crippen LogP contribution < -0.4 is 0 Å². The molecule has 1 saturated heterocycles. The molecule has 20 heavy (non-hydrogen) atoms. The fraction of sp³-hybridized carbons (Fsp3) is 0.600. The van der Waals surface area contributed by atoms with Gasteiger partial charge in [-0.15, -0.1) is 0 Å². The minimum absolute atomic E-state index is 0.218. The summed E-state index contributed by atoms with van der Waals surface area (Å²) in [5, 5.41) is 0. The van der Waals surface area contributed by atoms with Crippen LogP contribution >= 0.6 is 0 Å². The average molecular weight is 277 g/mol. The molecule has 1 saturated carbocycles. The van der Waals surface area contributed by atoms with Crippen LogP contribution in [-0.4, -0.2) is 37.1 Å². The Morgan fingerprint density at radius 2 is 1.90 bits per heavy atom. The SMILES string of the molecule is COC(=O)C1(c2ccccn2)CCC2(CC1)OCCO2. The fourth-order valence-corrected chi connectivity index (χ4v) is 3.25. The van der Waals surface area contributed by atoms with Crippen molar-refractivity contribution in [3.8, 4) is 0 Å². The van der Waals surface area contributed by atoms with Crippen molar-refractivity contribution < 1.29 is 19.0 Å². The highest BCUT2D eigenvalue weighted by Gasteiger charge is 2.52. The van der Waals surface area contributed by atoms with Gasteiger partial charge in [-0.05, 0) is 25.0 Å². The third kappa shape index (κ3) is 2.11. The predicted molar refractivity (Wildman–Crippen MR) is 71.0 cm³/mol. The Morgan fingerprint density at radius 1 is 1.20 bits per heavy atom. The minimum atomic E-state index is -0.670. The van der Waals surface area contributed by atoms with Crippen LogP contribution in [0.25, 0.3) is 0 Å². The molecule has 1 aromatic heterocycles. The van der Waals surface area contributed by atoms with Crippen molar-refractivity contribution in [2.24, 2.45) is 0 Å². The molecule has 1 aliphatic carbocycles. The van der Waals surface area contributed by atoms with Crippen LogP contribution in [0.3, 0.4) is 0 Å². The van der Waals surface area contributed by atoms with E-state index < -0.39 is 11.2 Å². The molecule has 0 amide bonds. The lowest BCUT2D eigenvalue weighted by molar-refractivity contribution is -0.190. The lowest BCUT2D eigenvalue weighted by Crippen LogP contribution is -2.47. The zero-order valence-electron chi connectivity index (χ0n) is 11.6. The van der Waals surface area contributed by atoms with Crippen molar-refractivity contribution in [2.45, 2.75) is 36.9 Å². The van der Waals surface area contributed by atoms with Gasteiger partial charge in [0.2, 0.25) is 0 Å². The van der Waals surface area contributed by atoms with Crippen molar-refractivity contribution >= 4 is 5.97 Å². The smallest absolute Gasteiger partial charge is 0.317 e. The van der Waals surface area contributed by atoms with Crippen molar-refractivity contribution in [2.75, 3.05) is 20.3 Å². The molecule has 108 valence electrons. The van der Waals surface area contributed by atoms with Crippen LogP contribution in [0.4, 0.5) is 0 Å². The summed E-state index contributed by atoms with van der Waals surface area (Å²) in [6.45, 7) is 1.27. The van der Waals surface area contributed by atoms with Gasteiger partial charge in [-0.1, -0.05) is 6.07 Å². The molecule has 2 fully saturated rings. The first kappa shape index (κ1) is 13.5. The average Bonchev–Trinajstić information content (AvgIpc) is 2.97. The Labute approximate surface area is 118 Å². The van der Waals surface area contributed by atoms with Crippen molar-refractivity contribution in [3.05, 3.63) is 30.1 Å². The number of methoxy groups -OCH3 is 1. The quantitative estimate of drug-likeness (QED) is 0.772. The van der Waals surface area contributed by atoms with Gasteiger partial charge in [-0.2, -0.15) is 0 Å². The summed E-state index contributed by atoms with van der Waals surface area (Å²) in [7, 11) is 1.43. The van der Waals surface area contributed by atoms with E-state index >= 15 is 0 Å². The molecule has 0 atom stereocenters. The number of rotatable bonds is 2. The highest BCUT2D eigenvalue weighted by Crippen LogP contribution is 2.46. The summed E-state index contributed by atoms with van der Waals surface area (Å²) in [4.78, 5) is 16.7. The number of esters is 1. The maximum atomic E-state index is 12.3. The van der Waals surface area contributed by atoms with Crippen molar-refractivity contribution in [1.29, 1.82) is 0 Å². The number of hydrogen-bond donors (Lipinski definition) is 0. The zero-order chi connectivity index (χ0) is 14.1. The molecule has 0 bridgehead atoms. The van der Waals surface area contributed by atoms with E-state index in [1.54, 1.807) is 6.20 Å². The molecule has 1 aromatic rings. The van der Waals surface area contributed by atoms with Gasteiger partial charge >= 0.3 is 5.97 Å². The maximum Gasteiger partial charge on any atom is 0.317 e. The van der Waals surface area contributed by atoms with Crippen LogP contribution in [0.15, 0.2) is 24.4 Å². The summed E-state index contributed by atoms with van der Waals surface area (Å²) < 4.78 is 16.5. The van der Waals surface area contributed by atoms with E-state index in [0.29, 0.717) is 38.9 Å². The molecule has 2 heterocycles. The van der Waals surface area contributed by atoms with Gasteiger partial charge in [0.25, 0.3) is 0 Å². The number of pyridine rings is 1. The van der Waals surface area contributed by atoms with Crippen LogP contribution in [0.5, 0.6) is 0 Å². The molecule has 5 nitrogen and oxygen atoms in total. The van der Waals surface area contributed by atoms with Crippen LogP contribution in [0.1, 0.15) is 31.4 Å². The summed E-state index contributed by atoms with van der Waals surface area (Å²) in [5.74, 6) is -0.712. The maximum absolute atomic E-state index is 12.3. The standard InChI is InChI=1S/C15H19NO4/c1-18-13(17)14(12-4-2-3-9-16-12)5-7-15(8-6-14)19-10-11-20-15/h2-4,9H,5-8,10-11H2,1H3. The van der Waals surface area contributed by atoms with Crippen LogP contribution in [0, 0.1) is 0 Å². The van der Waals surface area contributed by atoms with Gasteiger partial charge in [0.1, 0.15) is 5.41 Å². The lowest BCUT2D eigenvalue weighted by Gasteiger charge is -2.41. The second-order valence-corrected chi connectivity index (χ2v) is 5.40. The topological polar surface area (TPSA) is 57.7 Å². The van der Waals surface area contributed by atoms with E-state index in [4.69, 9.17) is 14.2 Å². The molecule has 0 unspecified atom stereocenters. The highest BCUT2D eigenvalue weighted by atomic mass is 16.7. The normalized spacial score (nSPS) is 23.6. The molecular formula is C15H19NO4. The third-order valence-electron chi connectivity index (χ3n) is 4.41. The predicted octanol–water partition coefficient (Wildman–Crippen LogP) is 1.81. The van der Waals surface area contributed by atoms with E-state index in [2.05, 4.69) is 4.98 Å². The molecule has 2 aliphatic rings. The first-order valence-corrected chi connectivity index (χ1v) is 6.99. The molecule has 1 aliphatic heterocycles. The molecular weight excluding hydrogens is 258 g/mol. The van der Waals surface area contributed by atoms with E-state index in [-0.39, 0.29) is 5.97 Å². The molecule has 0 aromatic carbocycles.